The van der Waals surface area contributed by atoms with Crippen LogP contribution in [-0.4, -0.2) is 37.1 Å². The first-order valence-corrected chi connectivity index (χ1v) is 18.7. The third kappa shape index (κ3) is 10.7. The second-order valence-corrected chi connectivity index (χ2v) is 15.8. The Hall–Kier alpha value is -4.05. The first-order chi connectivity index (χ1) is 24.1. The topological polar surface area (TPSA) is 115 Å². The molecule has 5 rings (SSSR count). The van der Waals surface area contributed by atoms with Crippen molar-refractivity contribution in [1.29, 1.82) is 0 Å². The molecule has 5 aromatic carbocycles. The molecule has 0 heterocycles. The number of rotatable bonds is 11. The standard InChI is InChI=1S/C43H46N2O5S.Na/c1-28-25-29(2)40(30(3)26-28)35-17-21-38(22-18-35)45-42(47)39(27-31-7-9-36(10-8-31)41(46)44-23-24-51(48,49)50)34-13-11-32(12-14-34)33-15-19-37(20-16-33)43(4,5)6;/h7-22,25-26,39H,23-24,27H2,1-6H3,(H,44,46)(H,45,47)(H,48,49,50);/q;+1/p-1. The van der Waals surface area contributed by atoms with Crippen LogP contribution in [0.25, 0.3) is 22.3 Å². The minimum Gasteiger partial charge on any atom is -0.748 e. The molecule has 0 aliphatic rings. The normalized spacial score (nSPS) is 12.1. The Morgan fingerprint density at radius 1 is 0.731 bits per heavy atom. The summed E-state index contributed by atoms with van der Waals surface area (Å²) in [5.41, 5.74) is 12.1. The first kappa shape index (κ1) is 40.7. The van der Waals surface area contributed by atoms with Gasteiger partial charge in [-0.3, -0.25) is 9.59 Å². The quantitative estimate of drug-likeness (QED) is 0.138. The summed E-state index contributed by atoms with van der Waals surface area (Å²) in [6.45, 7) is 12.6. The summed E-state index contributed by atoms with van der Waals surface area (Å²) in [5, 5.41) is 5.59. The molecule has 0 aromatic heterocycles. The van der Waals surface area contributed by atoms with Gasteiger partial charge in [-0.25, -0.2) is 8.42 Å². The molecule has 0 radical (unpaired) electrons. The van der Waals surface area contributed by atoms with Gasteiger partial charge in [0.1, 0.15) is 0 Å². The van der Waals surface area contributed by atoms with E-state index in [1.54, 1.807) is 24.3 Å². The van der Waals surface area contributed by atoms with E-state index in [-0.39, 0.29) is 47.4 Å². The van der Waals surface area contributed by atoms with Crippen molar-refractivity contribution in [3.05, 3.63) is 148 Å². The van der Waals surface area contributed by atoms with Crippen LogP contribution in [0.5, 0.6) is 0 Å². The van der Waals surface area contributed by atoms with E-state index >= 15 is 0 Å². The smallest absolute Gasteiger partial charge is 0.748 e. The maximum absolute atomic E-state index is 14.0. The molecule has 7 nitrogen and oxygen atoms in total. The summed E-state index contributed by atoms with van der Waals surface area (Å²) in [6, 6.07) is 35.7. The van der Waals surface area contributed by atoms with Gasteiger partial charge in [-0.2, -0.15) is 0 Å². The minimum absolute atomic E-state index is 0. The van der Waals surface area contributed by atoms with Gasteiger partial charge < -0.3 is 15.2 Å². The zero-order valence-electron chi connectivity index (χ0n) is 31.0. The molecule has 1 unspecified atom stereocenters. The van der Waals surface area contributed by atoms with Gasteiger partial charge in [0.15, 0.2) is 0 Å². The molecule has 0 saturated heterocycles. The molecule has 52 heavy (non-hydrogen) atoms. The molecule has 9 heteroatoms. The molecule has 5 aromatic rings. The van der Waals surface area contributed by atoms with E-state index in [0.29, 0.717) is 17.7 Å². The number of anilines is 1. The van der Waals surface area contributed by atoms with Gasteiger partial charge in [0.2, 0.25) is 5.91 Å². The Kier molecular flexibility index (Phi) is 13.5. The third-order valence-electron chi connectivity index (χ3n) is 9.13. The molecular weight excluding hydrogens is 680 g/mol. The molecule has 2 amide bonds. The van der Waals surface area contributed by atoms with Crippen LogP contribution in [0.2, 0.25) is 0 Å². The van der Waals surface area contributed by atoms with Gasteiger partial charge in [0.05, 0.1) is 21.8 Å². The fourth-order valence-corrected chi connectivity index (χ4v) is 6.79. The minimum atomic E-state index is -4.43. The van der Waals surface area contributed by atoms with Gasteiger partial charge in [-0.15, -0.1) is 0 Å². The second kappa shape index (κ2) is 17.2. The second-order valence-electron chi connectivity index (χ2n) is 14.3. The average Bonchev–Trinajstić information content (AvgIpc) is 3.07. The summed E-state index contributed by atoms with van der Waals surface area (Å²) in [5.74, 6) is -1.85. The number of nitrogens with one attached hydrogen (secondary N) is 2. The molecule has 0 bridgehead atoms. The number of hydrogen-bond acceptors (Lipinski definition) is 5. The maximum Gasteiger partial charge on any atom is 1.00 e. The van der Waals surface area contributed by atoms with Crippen LogP contribution >= 0.6 is 0 Å². The fourth-order valence-electron chi connectivity index (χ4n) is 6.44. The van der Waals surface area contributed by atoms with E-state index in [9.17, 15) is 22.6 Å². The summed E-state index contributed by atoms with van der Waals surface area (Å²) >= 11 is 0. The summed E-state index contributed by atoms with van der Waals surface area (Å²) in [6.07, 6.45) is 0.377. The molecule has 0 fully saturated rings. The number of benzene rings is 5. The molecular formula is C43H45N2NaO5S. The van der Waals surface area contributed by atoms with Crippen molar-refractivity contribution in [2.24, 2.45) is 0 Å². The van der Waals surface area contributed by atoms with Crippen LogP contribution in [0.1, 0.15) is 70.4 Å². The van der Waals surface area contributed by atoms with Crippen molar-refractivity contribution in [2.45, 2.75) is 59.3 Å². The molecule has 0 aliphatic carbocycles. The van der Waals surface area contributed by atoms with E-state index in [1.807, 2.05) is 48.5 Å². The molecule has 1 atom stereocenters. The molecule has 0 saturated carbocycles. The summed E-state index contributed by atoms with van der Waals surface area (Å²) < 4.78 is 32.7. The van der Waals surface area contributed by atoms with Crippen LogP contribution in [0, 0.1) is 20.8 Å². The average molecular weight is 725 g/mol. The third-order valence-corrected chi connectivity index (χ3v) is 9.83. The monoisotopic (exact) mass is 724 g/mol. The zero-order valence-corrected chi connectivity index (χ0v) is 33.9. The summed E-state index contributed by atoms with van der Waals surface area (Å²) in [4.78, 5) is 26.5. The number of carbonyl (C=O) groups is 2. The fraction of sp³-hybridized carbons (Fsp3) is 0.256. The molecule has 264 valence electrons. The number of carbonyl (C=O) groups excluding carboxylic acids is 2. The van der Waals surface area contributed by atoms with E-state index in [2.05, 4.69) is 88.6 Å². The predicted octanol–water partition coefficient (Wildman–Crippen LogP) is 5.49. The van der Waals surface area contributed by atoms with E-state index in [4.69, 9.17) is 0 Å². The molecule has 0 spiro atoms. The van der Waals surface area contributed by atoms with Gasteiger partial charge in [-0.05, 0) is 107 Å². The number of hydrogen-bond donors (Lipinski definition) is 2. The van der Waals surface area contributed by atoms with Crippen LogP contribution in [0.4, 0.5) is 5.69 Å². The SMILES string of the molecule is Cc1cc(C)c(-c2ccc(NC(=O)C(Cc3ccc(C(=O)NCCS(=O)(=O)[O-])cc3)c3ccc(-c4ccc(C(C)(C)C)cc4)cc3)cc2)c(C)c1.[Na+]. The van der Waals surface area contributed by atoms with Crippen molar-refractivity contribution in [3.63, 3.8) is 0 Å². The van der Waals surface area contributed by atoms with Crippen LogP contribution < -0.4 is 40.2 Å². The van der Waals surface area contributed by atoms with Crippen LogP contribution in [-0.2, 0) is 26.7 Å². The number of amides is 2. The Balaban J connectivity index is 0.00000605. The Bertz CT molecular complexity index is 2100. The Morgan fingerprint density at radius 3 is 1.77 bits per heavy atom. The molecule has 2 N–H and O–H groups in total. The largest absolute Gasteiger partial charge is 1.00 e. The van der Waals surface area contributed by atoms with Gasteiger partial charge in [0.25, 0.3) is 5.91 Å². The Morgan fingerprint density at radius 2 is 1.25 bits per heavy atom. The van der Waals surface area contributed by atoms with Gasteiger partial charge >= 0.3 is 29.6 Å². The van der Waals surface area contributed by atoms with E-state index in [0.717, 1.165) is 27.8 Å². The van der Waals surface area contributed by atoms with Crippen molar-refractivity contribution in [1.82, 2.24) is 5.32 Å². The van der Waals surface area contributed by atoms with Gasteiger partial charge in [0, 0.05) is 17.8 Å². The van der Waals surface area contributed by atoms with Crippen LogP contribution in [0.15, 0.2) is 109 Å². The van der Waals surface area contributed by atoms with Crippen LogP contribution in [0.3, 0.4) is 0 Å². The summed E-state index contributed by atoms with van der Waals surface area (Å²) in [7, 11) is -4.43. The maximum atomic E-state index is 14.0. The predicted molar refractivity (Wildman–Crippen MR) is 205 cm³/mol. The first-order valence-electron chi connectivity index (χ1n) is 17.1. The van der Waals surface area contributed by atoms with Gasteiger partial charge in [-0.1, -0.05) is 111 Å². The van der Waals surface area contributed by atoms with Crippen molar-refractivity contribution >= 4 is 27.6 Å². The molecule has 0 aliphatic heterocycles. The zero-order chi connectivity index (χ0) is 36.9. The van der Waals surface area contributed by atoms with Crippen molar-refractivity contribution in [3.8, 4) is 22.3 Å². The number of aryl methyl sites for hydroxylation is 3. The Labute approximate surface area is 330 Å². The van der Waals surface area contributed by atoms with Crippen molar-refractivity contribution in [2.75, 3.05) is 17.6 Å². The van der Waals surface area contributed by atoms with E-state index < -0.39 is 27.7 Å². The van der Waals surface area contributed by atoms with Crippen molar-refractivity contribution < 1.29 is 52.1 Å². The van der Waals surface area contributed by atoms with E-state index in [1.165, 1.54) is 27.8 Å².